The molecule has 1 amide bonds. The zero-order valence-corrected chi connectivity index (χ0v) is 14.7. The van der Waals surface area contributed by atoms with E-state index in [0.717, 1.165) is 25.7 Å². The third-order valence-electron chi connectivity index (χ3n) is 4.58. The van der Waals surface area contributed by atoms with Crippen molar-refractivity contribution in [1.29, 1.82) is 0 Å². The van der Waals surface area contributed by atoms with Gasteiger partial charge in [0.25, 0.3) is 10.2 Å². The summed E-state index contributed by atoms with van der Waals surface area (Å²) >= 11 is 0. The molecule has 2 saturated heterocycles. The Morgan fingerprint density at radius 2 is 1.73 bits per heavy atom. The smallest absolute Gasteiger partial charge is 0.281 e. The van der Waals surface area contributed by atoms with E-state index in [1.165, 1.54) is 4.31 Å². The number of nitrogens with one attached hydrogen (secondary N) is 1. The first-order valence-electron chi connectivity index (χ1n) is 8.36. The molecule has 1 atom stereocenters. The van der Waals surface area contributed by atoms with Crippen LogP contribution in [0.2, 0.25) is 0 Å². The van der Waals surface area contributed by atoms with E-state index in [9.17, 15) is 13.2 Å². The lowest BCUT2D eigenvalue weighted by Crippen LogP contribution is -2.52. The second-order valence-corrected chi connectivity index (χ2v) is 8.88. The SMILES string of the molecule is CC1CCN(S(=O)(=O)N2CCCC(C(=O)NC(C)C)C2)CC1. The Hall–Kier alpha value is -0.660. The van der Waals surface area contributed by atoms with E-state index in [2.05, 4.69) is 12.2 Å². The molecule has 2 aliphatic rings. The highest BCUT2D eigenvalue weighted by atomic mass is 32.2. The van der Waals surface area contributed by atoms with Crippen LogP contribution >= 0.6 is 0 Å². The second-order valence-electron chi connectivity index (χ2n) is 6.95. The summed E-state index contributed by atoms with van der Waals surface area (Å²) in [6.45, 7) is 8.05. The summed E-state index contributed by atoms with van der Waals surface area (Å²) < 4.78 is 28.6. The van der Waals surface area contributed by atoms with Gasteiger partial charge >= 0.3 is 0 Å². The minimum atomic E-state index is -3.42. The molecule has 0 spiro atoms. The van der Waals surface area contributed by atoms with Crippen molar-refractivity contribution >= 4 is 16.1 Å². The Kier molecular flexibility index (Phi) is 5.85. The molecule has 2 heterocycles. The second kappa shape index (κ2) is 7.27. The van der Waals surface area contributed by atoms with Crippen LogP contribution in [0.3, 0.4) is 0 Å². The Morgan fingerprint density at radius 3 is 2.32 bits per heavy atom. The van der Waals surface area contributed by atoms with Crippen LogP contribution in [-0.4, -0.2) is 55.2 Å². The Bertz CT molecular complexity index is 484. The molecular formula is C15H29N3O3S. The summed E-state index contributed by atoms with van der Waals surface area (Å²) in [5.41, 5.74) is 0. The zero-order chi connectivity index (χ0) is 16.3. The first-order chi connectivity index (χ1) is 10.3. The summed E-state index contributed by atoms with van der Waals surface area (Å²) in [7, 11) is -3.42. The van der Waals surface area contributed by atoms with Gasteiger partial charge < -0.3 is 5.32 Å². The van der Waals surface area contributed by atoms with Gasteiger partial charge in [-0.3, -0.25) is 4.79 Å². The van der Waals surface area contributed by atoms with E-state index in [4.69, 9.17) is 0 Å². The summed E-state index contributed by atoms with van der Waals surface area (Å²) in [5, 5.41) is 2.90. The predicted molar refractivity (Wildman–Crippen MR) is 86.5 cm³/mol. The van der Waals surface area contributed by atoms with Crippen LogP contribution in [0.1, 0.15) is 46.5 Å². The average Bonchev–Trinajstić information content (AvgIpc) is 2.47. The van der Waals surface area contributed by atoms with Gasteiger partial charge in [-0.15, -0.1) is 0 Å². The average molecular weight is 331 g/mol. The predicted octanol–water partition coefficient (Wildman–Crippen LogP) is 1.20. The van der Waals surface area contributed by atoms with Gasteiger partial charge in [-0.25, -0.2) is 0 Å². The van der Waals surface area contributed by atoms with Gasteiger partial charge in [0.2, 0.25) is 5.91 Å². The van der Waals surface area contributed by atoms with Gasteiger partial charge in [0.05, 0.1) is 5.92 Å². The maximum Gasteiger partial charge on any atom is 0.281 e. The van der Waals surface area contributed by atoms with Crippen molar-refractivity contribution in [2.75, 3.05) is 26.2 Å². The Labute approximate surface area is 134 Å². The van der Waals surface area contributed by atoms with Crippen LogP contribution < -0.4 is 5.32 Å². The molecule has 2 aliphatic heterocycles. The topological polar surface area (TPSA) is 69.7 Å². The van der Waals surface area contributed by atoms with Crippen molar-refractivity contribution in [1.82, 2.24) is 13.9 Å². The maximum absolute atomic E-state index is 12.8. The normalized spacial score (nSPS) is 26.3. The lowest BCUT2D eigenvalue weighted by molar-refractivity contribution is -0.126. The van der Waals surface area contributed by atoms with Gasteiger partial charge in [0, 0.05) is 32.2 Å². The molecule has 7 heteroatoms. The molecule has 0 aromatic rings. The quantitative estimate of drug-likeness (QED) is 0.841. The highest BCUT2D eigenvalue weighted by molar-refractivity contribution is 7.86. The van der Waals surface area contributed by atoms with Gasteiger partial charge in [-0.1, -0.05) is 6.92 Å². The first-order valence-corrected chi connectivity index (χ1v) is 9.76. The van der Waals surface area contributed by atoms with Crippen LogP contribution in [0.25, 0.3) is 0 Å². The molecule has 2 fully saturated rings. The number of carbonyl (C=O) groups excluding carboxylic acids is 1. The van der Waals surface area contributed by atoms with E-state index in [1.54, 1.807) is 4.31 Å². The van der Waals surface area contributed by atoms with Gasteiger partial charge in [0.15, 0.2) is 0 Å². The number of rotatable bonds is 4. The van der Waals surface area contributed by atoms with E-state index in [0.29, 0.717) is 32.1 Å². The summed E-state index contributed by atoms with van der Waals surface area (Å²) in [6.07, 6.45) is 3.36. The molecule has 0 saturated carbocycles. The minimum absolute atomic E-state index is 0.0258. The Morgan fingerprint density at radius 1 is 1.09 bits per heavy atom. The summed E-state index contributed by atoms with van der Waals surface area (Å²) in [6, 6.07) is 0.0862. The minimum Gasteiger partial charge on any atom is -0.354 e. The van der Waals surface area contributed by atoms with Crippen molar-refractivity contribution in [2.45, 2.75) is 52.5 Å². The van der Waals surface area contributed by atoms with Crippen LogP contribution in [0.5, 0.6) is 0 Å². The van der Waals surface area contributed by atoms with Crippen LogP contribution in [-0.2, 0) is 15.0 Å². The molecule has 0 bridgehead atoms. The van der Waals surface area contributed by atoms with E-state index in [-0.39, 0.29) is 17.9 Å². The molecule has 6 nitrogen and oxygen atoms in total. The fourth-order valence-electron chi connectivity index (χ4n) is 3.15. The highest BCUT2D eigenvalue weighted by Crippen LogP contribution is 2.25. The highest BCUT2D eigenvalue weighted by Gasteiger charge is 2.36. The van der Waals surface area contributed by atoms with Gasteiger partial charge in [-0.2, -0.15) is 17.0 Å². The number of hydrogen-bond acceptors (Lipinski definition) is 3. The molecule has 2 rings (SSSR count). The molecule has 1 N–H and O–H groups in total. The molecule has 0 aromatic heterocycles. The van der Waals surface area contributed by atoms with Crippen LogP contribution in [0, 0.1) is 11.8 Å². The fraction of sp³-hybridized carbons (Fsp3) is 0.933. The fourth-order valence-corrected chi connectivity index (χ4v) is 4.87. The number of hydrogen-bond donors (Lipinski definition) is 1. The first kappa shape index (κ1) is 17.7. The Balaban J connectivity index is 2.00. The number of nitrogens with zero attached hydrogens (tertiary/aromatic N) is 2. The molecule has 22 heavy (non-hydrogen) atoms. The van der Waals surface area contributed by atoms with Gasteiger partial charge in [-0.05, 0) is 45.4 Å². The van der Waals surface area contributed by atoms with Gasteiger partial charge in [0.1, 0.15) is 0 Å². The summed E-state index contributed by atoms with van der Waals surface area (Å²) in [5.74, 6) is 0.342. The largest absolute Gasteiger partial charge is 0.354 e. The molecule has 0 radical (unpaired) electrons. The monoisotopic (exact) mass is 331 g/mol. The number of carbonyl (C=O) groups is 1. The maximum atomic E-state index is 12.8. The molecule has 1 unspecified atom stereocenters. The molecule has 0 aromatic carbocycles. The molecular weight excluding hydrogens is 302 g/mol. The zero-order valence-electron chi connectivity index (χ0n) is 13.9. The van der Waals surface area contributed by atoms with Crippen LogP contribution in [0.4, 0.5) is 0 Å². The summed E-state index contributed by atoms with van der Waals surface area (Å²) in [4.78, 5) is 12.2. The lowest BCUT2D eigenvalue weighted by atomic mass is 9.98. The van der Waals surface area contributed by atoms with Crippen LogP contribution in [0.15, 0.2) is 0 Å². The van der Waals surface area contributed by atoms with Crippen molar-refractivity contribution in [3.8, 4) is 0 Å². The van der Waals surface area contributed by atoms with E-state index in [1.807, 2.05) is 13.8 Å². The lowest BCUT2D eigenvalue weighted by Gasteiger charge is -2.37. The number of amides is 1. The van der Waals surface area contributed by atoms with E-state index >= 15 is 0 Å². The number of piperidine rings is 2. The standard InChI is InChI=1S/C15H29N3O3S/c1-12(2)16-15(19)14-5-4-8-18(11-14)22(20,21)17-9-6-13(3)7-10-17/h12-14H,4-11H2,1-3H3,(H,16,19). The van der Waals surface area contributed by atoms with Crippen molar-refractivity contribution < 1.29 is 13.2 Å². The molecule has 128 valence electrons. The molecule has 0 aliphatic carbocycles. The van der Waals surface area contributed by atoms with Crippen molar-refractivity contribution in [2.24, 2.45) is 11.8 Å². The third-order valence-corrected chi connectivity index (χ3v) is 6.58. The third kappa shape index (κ3) is 4.20. The van der Waals surface area contributed by atoms with Crippen molar-refractivity contribution in [3.63, 3.8) is 0 Å². The van der Waals surface area contributed by atoms with Crippen molar-refractivity contribution in [3.05, 3.63) is 0 Å². The van der Waals surface area contributed by atoms with E-state index < -0.39 is 10.2 Å².